The van der Waals surface area contributed by atoms with E-state index < -0.39 is 11.9 Å². The average molecular weight is 292 g/mol. The van der Waals surface area contributed by atoms with Gasteiger partial charge in [0.15, 0.2) is 5.57 Å². The van der Waals surface area contributed by atoms with E-state index in [0.717, 1.165) is 11.4 Å². The maximum atomic E-state index is 11.8. The lowest BCUT2D eigenvalue weighted by atomic mass is 10.2. The van der Waals surface area contributed by atoms with Gasteiger partial charge in [-0.25, -0.2) is 9.59 Å². The van der Waals surface area contributed by atoms with Crippen molar-refractivity contribution in [3.8, 4) is 0 Å². The molecule has 0 saturated heterocycles. The molecule has 0 fully saturated rings. The zero-order chi connectivity index (χ0) is 15.8. The summed E-state index contributed by atoms with van der Waals surface area (Å²) in [5, 5.41) is 2.89. The molecule has 1 rings (SSSR count). The Morgan fingerprint density at radius 3 is 2.19 bits per heavy atom. The Balaban J connectivity index is 2.96. The second kappa shape index (κ2) is 8.04. The quantitative estimate of drug-likeness (QED) is 0.374. The molecule has 1 aromatic rings. The summed E-state index contributed by atoms with van der Waals surface area (Å²) >= 11 is 0. The first kappa shape index (κ1) is 16.7. The number of aromatic nitrogens is 1. The molecule has 0 aliphatic heterocycles. The predicted octanol–water partition coefficient (Wildman–Crippen LogP) is 2.12. The number of pyridine rings is 1. The van der Waals surface area contributed by atoms with Crippen LogP contribution in [0, 0.1) is 13.8 Å². The number of ether oxygens (including phenoxy) is 2. The molecule has 0 aliphatic carbocycles. The van der Waals surface area contributed by atoms with Gasteiger partial charge in [0.1, 0.15) is 0 Å². The summed E-state index contributed by atoms with van der Waals surface area (Å²) in [4.78, 5) is 27.8. The van der Waals surface area contributed by atoms with Crippen molar-refractivity contribution in [1.29, 1.82) is 0 Å². The minimum Gasteiger partial charge on any atom is -0.462 e. The Morgan fingerprint density at radius 1 is 1.14 bits per heavy atom. The lowest BCUT2D eigenvalue weighted by Gasteiger charge is -2.09. The highest BCUT2D eigenvalue weighted by molar-refractivity contribution is 6.14. The molecule has 0 unspecified atom stereocenters. The highest BCUT2D eigenvalue weighted by atomic mass is 16.6. The topological polar surface area (TPSA) is 77.5 Å². The van der Waals surface area contributed by atoms with Crippen LogP contribution in [0.15, 0.2) is 23.9 Å². The number of anilines is 1. The van der Waals surface area contributed by atoms with Crippen LogP contribution < -0.4 is 5.32 Å². The second-order valence-electron chi connectivity index (χ2n) is 4.23. The average Bonchev–Trinajstić information content (AvgIpc) is 2.41. The molecule has 1 aromatic heterocycles. The minimum atomic E-state index is -0.721. The molecule has 0 aliphatic rings. The van der Waals surface area contributed by atoms with Crippen LogP contribution in [0.2, 0.25) is 0 Å². The van der Waals surface area contributed by atoms with E-state index in [1.54, 1.807) is 13.8 Å². The molecule has 6 nitrogen and oxygen atoms in total. The van der Waals surface area contributed by atoms with Crippen molar-refractivity contribution in [1.82, 2.24) is 4.98 Å². The summed E-state index contributed by atoms with van der Waals surface area (Å²) in [5.74, 6) is -1.44. The highest BCUT2D eigenvalue weighted by Crippen LogP contribution is 2.13. The largest absolute Gasteiger partial charge is 0.462 e. The molecule has 21 heavy (non-hydrogen) atoms. The van der Waals surface area contributed by atoms with Crippen LogP contribution in [0.5, 0.6) is 0 Å². The summed E-state index contributed by atoms with van der Waals surface area (Å²) in [6.07, 6.45) is 1.29. The van der Waals surface area contributed by atoms with Gasteiger partial charge in [0, 0.05) is 11.9 Å². The Hall–Kier alpha value is -2.37. The van der Waals surface area contributed by atoms with E-state index in [2.05, 4.69) is 10.3 Å². The second-order valence-corrected chi connectivity index (χ2v) is 4.23. The first-order valence-corrected chi connectivity index (χ1v) is 6.74. The Bertz CT molecular complexity index is 533. The first-order valence-electron chi connectivity index (χ1n) is 6.74. The van der Waals surface area contributed by atoms with Crippen LogP contribution in [-0.2, 0) is 19.1 Å². The van der Waals surface area contributed by atoms with E-state index in [4.69, 9.17) is 9.47 Å². The molecule has 0 radical (unpaired) electrons. The molecule has 0 spiro atoms. The van der Waals surface area contributed by atoms with Crippen molar-refractivity contribution in [3.05, 3.63) is 35.3 Å². The fourth-order valence-electron chi connectivity index (χ4n) is 1.61. The molecular formula is C15H20N2O4. The van der Waals surface area contributed by atoms with Crippen molar-refractivity contribution in [3.63, 3.8) is 0 Å². The molecule has 1 heterocycles. The van der Waals surface area contributed by atoms with Crippen LogP contribution in [0.4, 0.5) is 5.69 Å². The van der Waals surface area contributed by atoms with Gasteiger partial charge in [0.2, 0.25) is 0 Å². The lowest BCUT2D eigenvalue weighted by molar-refractivity contribution is -0.146. The number of nitrogens with one attached hydrogen (secondary N) is 1. The van der Waals surface area contributed by atoms with Gasteiger partial charge < -0.3 is 14.8 Å². The Kier molecular flexibility index (Phi) is 6.39. The van der Waals surface area contributed by atoms with Gasteiger partial charge in [-0.05, 0) is 39.8 Å². The van der Waals surface area contributed by atoms with Crippen molar-refractivity contribution >= 4 is 17.6 Å². The van der Waals surface area contributed by atoms with Crippen LogP contribution >= 0.6 is 0 Å². The Morgan fingerprint density at radius 2 is 1.71 bits per heavy atom. The van der Waals surface area contributed by atoms with E-state index in [-0.39, 0.29) is 18.8 Å². The Labute approximate surface area is 124 Å². The number of carbonyl (C=O) groups excluding carboxylic acids is 2. The van der Waals surface area contributed by atoms with Gasteiger partial charge in [-0.15, -0.1) is 0 Å². The van der Waals surface area contributed by atoms with E-state index in [1.807, 2.05) is 26.0 Å². The van der Waals surface area contributed by atoms with Gasteiger partial charge in [-0.1, -0.05) is 0 Å². The van der Waals surface area contributed by atoms with E-state index in [0.29, 0.717) is 5.69 Å². The molecule has 0 atom stereocenters. The van der Waals surface area contributed by atoms with Crippen molar-refractivity contribution in [2.45, 2.75) is 27.7 Å². The third kappa shape index (κ3) is 4.91. The number of hydrogen-bond acceptors (Lipinski definition) is 6. The molecular weight excluding hydrogens is 272 g/mol. The summed E-state index contributed by atoms with van der Waals surface area (Å²) in [5.41, 5.74) is 2.17. The third-order valence-electron chi connectivity index (χ3n) is 2.59. The number of aryl methyl sites for hydroxylation is 2. The molecule has 0 saturated carbocycles. The van der Waals surface area contributed by atoms with E-state index in [9.17, 15) is 9.59 Å². The first-order chi connectivity index (χ1) is 9.99. The summed E-state index contributed by atoms with van der Waals surface area (Å²) in [6, 6.07) is 3.65. The summed E-state index contributed by atoms with van der Waals surface area (Å²) in [6.45, 7) is 7.42. The number of carbonyl (C=O) groups is 2. The standard InChI is InChI=1S/C15H20N2O4/c1-5-20-14(18)12(15(19)21-6-2)9-16-13-8-7-10(3)17-11(13)4/h7-9,16H,5-6H2,1-4H3. The van der Waals surface area contributed by atoms with Crippen molar-refractivity contribution < 1.29 is 19.1 Å². The number of rotatable bonds is 6. The predicted molar refractivity (Wildman–Crippen MR) is 78.7 cm³/mol. The smallest absolute Gasteiger partial charge is 0.347 e. The highest BCUT2D eigenvalue weighted by Gasteiger charge is 2.21. The van der Waals surface area contributed by atoms with Gasteiger partial charge in [0.25, 0.3) is 0 Å². The van der Waals surface area contributed by atoms with Gasteiger partial charge in [-0.3, -0.25) is 4.98 Å². The number of hydrogen-bond donors (Lipinski definition) is 1. The van der Waals surface area contributed by atoms with Crippen LogP contribution in [0.3, 0.4) is 0 Å². The fourth-order valence-corrected chi connectivity index (χ4v) is 1.61. The summed E-state index contributed by atoms with van der Waals surface area (Å²) in [7, 11) is 0. The molecule has 0 aromatic carbocycles. The normalized spacial score (nSPS) is 9.71. The third-order valence-corrected chi connectivity index (χ3v) is 2.59. The van der Waals surface area contributed by atoms with Crippen LogP contribution in [-0.4, -0.2) is 30.1 Å². The van der Waals surface area contributed by atoms with Crippen molar-refractivity contribution in [2.75, 3.05) is 18.5 Å². The molecule has 1 N–H and O–H groups in total. The molecule has 0 bridgehead atoms. The fraction of sp³-hybridized carbons (Fsp3) is 0.400. The summed E-state index contributed by atoms with van der Waals surface area (Å²) < 4.78 is 9.69. The van der Waals surface area contributed by atoms with Gasteiger partial charge in [0.05, 0.1) is 24.6 Å². The monoisotopic (exact) mass is 292 g/mol. The van der Waals surface area contributed by atoms with Crippen molar-refractivity contribution in [2.24, 2.45) is 0 Å². The van der Waals surface area contributed by atoms with E-state index >= 15 is 0 Å². The number of esters is 2. The van der Waals surface area contributed by atoms with Gasteiger partial charge >= 0.3 is 11.9 Å². The maximum Gasteiger partial charge on any atom is 0.347 e. The van der Waals surface area contributed by atoms with Crippen LogP contribution in [0.1, 0.15) is 25.2 Å². The van der Waals surface area contributed by atoms with E-state index in [1.165, 1.54) is 6.20 Å². The zero-order valence-electron chi connectivity index (χ0n) is 12.7. The zero-order valence-corrected chi connectivity index (χ0v) is 12.7. The minimum absolute atomic E-state index is 0.181. The molecule has 114 valence electrons. The molecule has 0 amide bonds. The van der Waals surface area contributed by atoms with Gasteiger partial charge in [-0.2, -0.15) is 0 Å². The van der Waals surface area contributed by atoms with Crippen LogP contribution in [0.25, 0.3) is 0 Å². The maximum absolute atomic E-state index is 11.8. The lowest BCUT2D eigenvalue weighted by Crippen LogP contribution is -2.19. The molecule has 6 heteroatoms. The number of nitrogens with zero attached hydrogens (tertiary/aromatic N) is 1. The SMILES string of the molecule is CCOC(=O)C(=CNc1ccc(C)nc1C)C(=O)OCC.